The Kier molecular flexibility index (Phi) is 14.6. The third-order valence-corrected chi connectivity index (χ3v) is 6.19. The number of unbranched alkanes of at least 4 members (excludes halogenated alkanes) is 9. The lowest BCUT2D eigenvalue weighted by Crippen LogP contribution is -2.24. The number of halogens is 1. The summed E-state index contributed by atoms with van der Waals surface area (Å²) in [6.07, 6.45) is 14.0. The fourth-order valence-corrected chi connectivity index (χ4v) is 4.10. The third kappa shape index (κ3) is 10.6. The lowest BCUT2D eigenvalue weighted by atomic mass is 10.0. The van der Waals surface area contributed by atoms with E-state index in [1.165, 1.54) is 93.0 Å². The molecule has 0 bridgehead atoms. The number of rotatable bonds is 15. The van der Waals surface area contributed by atoms with Gasteiger partial charge in [-0.05, 0) is 49.1 Å². The fourth-order valence-electron chi connectivity index (χ4n) is 4.10. The van der Waals surface area contributed by atoms with Crippen LogP contribution in [-0.4, -0.2) is 11.4 Å². The Balaban J connectivity index is 0.00000450. The molecule has 0 radical (unpaired) electrons. The molecular formula is C28H44ClN. The summed E-state index contributed by atoms with van der Waals surface area (Å²) >= 11 is 0. The predicted octanol–water partition coefficient (Wildman–Crippen LogP) is 8.65. The van der Waals surface area contributed by atoms with Gasteiger partial charge in [-0.2, -0.15) is 0 Å². The highest BCUT2D eigenvalue weighted by Gasteiger charge is 2.09. The molecule has 0 atom stereocenters. The largest absolute Gasteiger partial charge is 0.295 e. The van der Waals surface area contributed by atoms with Crippen molar-refractivity contribution in [2.75, 3.05) is 6.54 Å². The molecule has 0 N–H and O–H groups in total. The van der Waals surface area contributed by atoms with Crippen LogP contribution >= 0.6 is 12.4 Å². The topological polar surface area (TPSA) is 3.24 Å². The SMILES string of the molecule is CCCCCCCCCCCCN(Cc1ccccc1)Cc1cccc(C)c1C.Cl. The van der Waals surface area contributed by atoms with E-state index in [0.717, 1.165) is 13.1 Å². The van der Waals surface area contributed by atoms with Crippen LogP contribution in [0.2, 0.25) is 0 Å². The van der Waals surface area contributed by atoms with Crippen molar-refractivity contribution in [2.45, 2.75) is 98.1 Å². The summed E-state index contributed by atoms with van der Waals surface area (Å²) in [6, 6.07) is 17.7. The molecule has 0 amide bonds. The van der Waals surface area contributed by atoms with Crippen molar-refractivity contribution in [3.8, 4) is 0 Å². The van der Waals surface area contributed by atoms with Crippen LogP contribution < -0.4 is 0 Å². The van der Waals surface area contributed by atoms with Gasteiger partial charge in [0, 0.05) is 13.1 Å². The van der Waals surface area contributed by atoms with E-state index in [1.807, 2.05) is 0 Å². The molecule has 2 aromatic carbocycles. The van der Waals surface area contributed by atoms with E-state index in [0.29, 0.717) is 0 Å². The van der Waals surface area contributed by atoms with Crippen LogP contribution in [0.25, 0.3) is 0 Å². The van der Waals surface area contributed by atoms with Gasteiger partial charge in [0.05, 0.1) is 0 Å². The second kappa shape index (κ2) is 16.4. The molecular weight excluding hydrogens is 386 g/mol. The van der Waals surface area contributed by atoms with E-state index in [-0.39, 0.29) is 12.4 Å². The van der Waals surface area contributed by atoms with Crippen LogP contribution in [0.3, 0.4) is 0 Å². The maximum Gasteiger partial charge on any atom is 0.0240 e. The van der Waals surface area contributed by atoms with E-state index in [4.69, 9.17) is 0 Å². The van der Waals surface area contributed by atoms with E-state index in [1.54, 1.807) is 0 Å². The number of hydrogen-bond donors (Lipinski definition) is 0. The van der Waals surface area contributed by atoms with E-state index in [2.05, 4.69) is 74.2 Å². The van der Waals surface area contributed by atoms with Gasteiger partial charge >= 0.3 is 0 Å². The Labute approximate surface area is 192 Å². The molecule has 2 aromatic rings. The molecule has 168 valence electrons. The van der Waals surface area contributed by atoms with Crippen LogP contribution in [0.15, 0.2) is 48.5 Å². The van der Waals surface area contributed by atoms with E-state index in [9.17, 15) is 0 Å². The van der Waals surface area contributed by atoms with Crippen molar-refractivity contribution in [1.29, 1.82) is 0 Å². The van der Waals surface area contributed by atoms with Gasteiger partial charge in [0.15, 0.2) is 0 Å². The lowest BCUT2D eigenvalue weighted by molar-refractivity contribution is 0.249. The molecule has 0 saturated carbocycles. The summed E-state index contributed by atoms with van der Waals surface area (Å²) in [4.78, 5) is 2.64. The first-order valence-corrected chi connectivity index (χ1v) is 12.0. The Bertz CT molecular complexity index is 668. The number of hydrogen-bond acceptors (Lipinski definition) is 1. The minimum absolute atomic E-state index is 0. The highest BCUT2D eigenvalue weighted by atomic mass is 35.5. The molecule has 0 saturated heterocycles. The van der Waals surface area contributed by atoms with Gasteiger partial charge in [-0.3, -0.25) is 4.90 Å². The molecule has 1 nitrogen and oxygen atoms in total. The van der Waals surface area contributed by atoms with E-state index >= 15 is 0 Å². The van der Waals surface area contributed by atoms with Crippen LogP contribution in [0.5, 0.6) is 0 Å². The molecule has 0 heterocycles. The highest BCUT2D eigenvalue weighted by molar-refractivity contribution is 5.85. The average molecular weight is 430 g/mol. The minimum Gasteiger partial charge on any atom is -0.295 e. The smallest absolute Gasteiger partial charge is 0.0240 e. The predicted molar refractivity (Wildman–Crippen MR) is 136 cm³/mol. The standard InChI is InChI=1S/C28H43N.ClH/c1-4-5-6-7-8-9-10-11-12-16-22-29(23-27-19-14-13-15-20-27)24-28-21-17-18-25(2)26(28)3;/h13-15,17-21H,4-12,16,22-24H2,1-3H3;1H. The molecule has 0 fully saturated rings. The number of nitrogens with zero attached hydrogens (tertiary/aromatic N) is 1. The summed E-state index contributed by atoms with van der Waals surface area (Å²) in [5.41, 5.74) is 5.76. The summed E-state index contributed by atoms with van der Waals surface area (Å²) in [7, 11) is 0. The number of benzene rings is 2. The first-order chi connectivity index (χ1) is 14.2. The zero-order valence-corrected chi connectivity index (χ0v) is 20.5. The van der Waals surface area contributed by atoms with Crippen molar-refractivity contribution in [3.63, 3.8) is 0 Å². The Morgan fingerprint density at radius 3 is 1.87 bits per heavy atom. The van der Waals surface area contributed by atoms with Crippen molar-refractivity contribution >= 4 is 12.4 Å². The van der Waals surface area contributed by atoms with Crippen LogP contribution in [0.1, 0.15) is 93.4 Å². The van der Waals surface area contributed by atoms with Crippen molar-refractivity contribution in [3.05, 3.63) is 70.8 Å². The second-order valence-electron chi connectivity index (χ2n) is 8.74. The summed E-state index contributed by atoms with van der Waals surface area (Å²) in [5, 5.41) is 0. The van der Waals surface area contributed by atoms with Crippen LogP contribution in [-0.2, 0) is 13.1 Å². The van der Waals surface area contributed by atoms with Crippen molar-refractivity contribution in [2.24, 2.45) is 0 Å². The maximum absolute atomic E-state index is 2.64. The molecule has 30 heavy (non-hydrogen) atoms. The first-order valence-electron chi connectivity index (χ1n) is 12.0. The lowest BCUT2D eigenvalue weighted by Gasteiger charge is -2.24. The molecule has 0 unspecified atom stereocenters. The first kappa shape index (κ1) is 26.7. The molecule has 2 rings (SSSR count). The zero-order chi connectivity index (χ0) is 20.7. The van der Waals surface area contributed by atoms with E-state index < -0.39 is 0 Å². The Morgan fingerprint density at radius 2 is 1.23 bits per heavy atom. The molecule has 0 aromatic heterocycles. The third-order valence-electron chi connectivity index (χ3n) is 6.19. The highest BCUT2D eigenvalue weighted by Crippen LogP contribution is 2.18. The van der Waals surface area contributed by atoms with Gasteiger partial charge in [-0.15, -0.1) is 12.4 Å². The molecule has 0 aliphatic heterocycles. The molecule has 0 spiro atoms. The quantitative estimate of drug-likeness (QED) is 0.256. The minimum atomic E-state index is 0. The van der Waals surface area contributed by atoms with Crippen LogP contribution in [0.4, 0.5) is 0 Å². The monoisotopic (exact) mass is 429 g/mol. The zero-order valence-electron chi connectivity index (χ0n) is 19.7. The van der Waals surface area contributed by atoms with Crippen molar-refractivity contribution in [1.82, 2.24) is 4.90 Å². The Morgan fingerprint density at radius 1 is 0.633 bits per heavy atom. The van der Waals surface area contributed by atoms with Crippen molar-refractivity contribution < 1.29 is 0 Å². The van der Waals surface area contributed by atoms with Gasteiger partial charge in [0.1, 0.15) is 0 Å². The van der Waals surface area contributed by atoms with Gasteiger partial charge in [-0.1, -0.05) is 113 Å². The molecule has 0 aliphatic rings. The van der Waals surface area contributed by atoms with Gasteiger partial charge in [0.25, 0.3) is 0 Å². The maximum atomic E-state index is 2.64. The molecule has 0 aliphatic carbocycles. The van der Waals surface area contributed by atoms with Gasteiger partial charge in [0.2, 0.25) is 0 Å². The van der Waals surface area contributed by atoms with Gasteiger partial charge < -0.3 is 0 Å². The fraction of sp³-hybridized carbons (Fsp3) is 0.571. The second-order valence-corrected chi connectivity index (χ2v) is 8.74. The Hall–Kier alpha value is -1.31. The normalized spacial score (nSPS) is 10.9. The average Bonchev–Trinajstić information content (AvgIpc) is 2.73. The summed E-state index contributed by atoms with van der Waals surface area (Å²) in [5.74, 6) is 0. The van der Waals surface area contributed by atoms with Crippen LogP contribution in [0, 0.1) is 13.8 Å². The summed E-state index contributed by atoms with van der Waals surface area (Å²) in [6.45, 7) is 10.1. The number of aryl methyl sites for hydroxylation is 1. The summed E-state index contributed by atoms with van der Waals surface area (Å²) < 4.78 is 0. The van der Waals surface area contributed by atoms with Gasteiger partial charge in [-0.25, -0.2) is 0 Å². The molecule has 2 heteroatoms.